The fourth-order valence-corrected chi connectivity index (χ4v) is 2.84. The molecule has 3 heterocycles. The molecule has 3 nitrogen and oxygen atoms in total. The molecule has 2 aliphatic rings. The standard InChI is InChI=1S/C12H16N2O/c1-14-7-9-4-6-15-12-10(11(9)8-14)3-2-5-13-12/h2-3,5,9,11H,4,6-8H2,1H3. The molecule has 0 saturated carbocycles. The molecule has 0 aromatic carbocycles. The Labute approximate surface area is 90.1 Å². The van der Waals surface area contributed by atoms with Crippen LogP contribution in [0.4, 0.5) is 0 Å². The number of ether oxygens (including phenoxy) is 1. The zero-order chi connectivity index (χ0) is 10.3. The second kappa shape index (κ2) is 3.49. The maximum Gasteiger partial charge on any atom is 0.216 e. The van der Waals surface area contributed by atoms with Crippen molar-refractivity contribution < 1.29 is 4.74 Å². The number of likely N-dealkylation sites (tertiary alicyclic amines) is 1. The first-order chi connectivity index (χ1) is 7.34. The lowest BCUT2D eigenvalue weighted by Gasteiger charge is -2.14. The third kappa shape index (κ3) is 1.51. The fraction of sp³-hybridized carbons (Fsp3) is 0.583. The zero-order valence-electron chi connectivity index (χ0n) is 9.02. The molecule has 80 valence electrons. The molecule has 1 fully saturated rings. The third-order valence-electron chi connectivity index (χ3n) is 3.55. The van der Waals surface area contributed by atoms with E-state index >= 15 is 0 Å². The molecule has 1 aromatic heterocycles. The summed E-state index contributed by atoms with van der Waals surface area (Å²) in [4.78, 5) is 6.74. The maximum atomic E-state index is 5.69. The lowest BCUT2D eigenvalue weighted by Crippen LogP contribution is -2.15. The van der Waals surface area contributed by atoms with E-state index in [0.717, 1.165) is 31.4 Å². The number of hydrogen-bond donors (Lipinski definition) is 0. The van der Waals surface area contributed by atoms with Gasteiger partial charge >= 0.3 is 0 Å². The molecule has 3 rings (SSSR count). The van der Waals surface area contributed by atoms with Gasteiger partial charge in [-0.15, -0.1) is 0 Å². The summed E-state index contributed by atoms with van der Waals surface area (Å²) in [5.41, 5.74) is 1.31. The molecule has 1 aromatic rings. The molecule has 0 aliphatic carbocycles. The Kier molecular flexibility index (Phi) is 2.13. The average Bonchev–Trinajstić information content (AvgIpc) is 2.52. The van der Waals surface area contributed by atoms with Gasteiger partial charge in [-0.3, -0.25) is 0 Å². The smallest absolute Gasteiger partial charge is 0.216 e. The van der Waals surface area contributed by atoms with Gasteiger partial charge in [0.25, 0.3) is 0 Å². The van der Waals surface area contributed by atoms with Crippen molar-refractivity contribution in [3.8, 4) is 5.88 Å². The highest BCUT2D eigenvalue weighted by atomic mass is 16.5. The van der Waals surface area contributed by atoms with E-state index in [1.165, 1.54) is 12.1 Å². The number of rotatable bonds is 0. The first kappa shape index (κ1) is 9.16. The van der Waals surface area contributed by atoms with Gasteiger partial charge in [-0.05, 0) is 25.5 Å². The summed E-state index contributed by atoms with van der Waals surface area (Å²) in [5.74, 6) is 2.24. The molecule has 0 radical (unpaired) electrons. The molecular weight excluding hydrogens is 188 g/mol. The second-order valence-corrected chi connectivity index (χ2v) is 4.62. The molecule has 1 saturated heterocycles. The van der Waals surface area contributed by atoms with Crippen LogP contribution in [0.25, 0.3) is 0 Å². The van der Waals surface area contributed by atoms with Crippen molar-refractivity contribution in [1.29, 1.82) is 0 Å². The van der Waals surface area contributed by atoms with Crippen molar-refractivity contribution in [2.24, 2.45) is 5.92 Å². The molecule has 0 bridgehead atoms. The highest BCUT2D eigenvalue weighted by molar-refractivity contribution is 5.32. The van der Waals surface area contributed by atoms with E-state index in [4.69, 9.17) is 4.74 Å². The molecule has 3 heteroatoms. The number of aromatic nitrogens is 1. The van der Waals surface area contributed by atoms with Crippen molar-refractivity contribution in [2.75, 3.05) is 26.7 Å². The van der Waals surface area contributed by atoms with Crippen LogP contribution in [0.15, 0.2) is 18.3 Å². The average molecular weight is 204 g/mol. The first-order valence-electron chi connectivity index (χ1n) is 5.61. The monoisotopic (exact) mass is 204 g/mol. The van der Waals surface area contributed by atoms with Crippen LogP contribution in [0.5, 0.6) is 5.88 Å². The predicted octanol–water partition coefficient (Wildman–Crippen LogP) is 1.51. The third-order valence-corrected chi connectivity index (χ3v) is 3.55. The number of hydrogen-bond acceptors (Lipinski definition) is 3. The molecule has 2 aliphatic heterocycles. The molecular formula is C12H16N2O. The largest absolute Gasteiger partial charge is 0.477 e. The summed E-state index contributed by atoms with van der Waals surface area (Å²) >= 11 is 0. The Morgan fingerprint density at radius 1 is 1.47 bits per heavy atom. The van der Waals surface area contributed by atoms with E-state index in [9.17, 15) is 0 Å². The van der Waals surface area contributed by atoms with Crippen LogP contribution in [0.3, 0.4) is 0 Å². The SMILES string of the molecule is CN1CC2CCOc3ncccc3C2C1. The van der Waals surface area contributed by atoms with E-state index in [1.807, 2.05) is 12.3 Å². The topological polar surface area (TPSA) is 25.4 Å². The summed E-state index contributed by atoms with van der Waals surface area (Å²) in [6, 6.07) is 4.19. The van der Waals surface area contributed by atoms with Crippen molar-refractivity contribution in [3.05, 3.63) is 23.9 Å². The molecule has 15 heavy (non-hydrogen) atoms. The number of likely N-dealkylation sites (N-methyl/N-ethyl adjacent to an activating group) is 1. The van der Waals surface area contributed by atoms with Gasteiger partial charge in [0.2, 0.25) is 5.88 Å². The maximum absolute atomic E-state index is 5.69. The molecule has 0 spiro atoms. The van der Waals surface area contributed by atoms with Crippen LogP contribution >= 0.6 is 0 Å². The Morgan fingerprint density at radius 3 is 3.33 bits per heavy atom. The van der Waals surface area contributed by atoms with Gasteiger partial charge in [-0.2, -0.15) is 0 Å². The quantitative estimate of drug-likeness (QED) is 0.640. The van der Waals surface area contributed by atoms with E-state index < -0.39 is 0 Å². The van der Waals surface area contributed by atoms with E-state index in [0.29, 0.717) is 5.92 Å². The second-order valence-electron chi connectivity index (χ2n) is 4.62. The van der Waals surface area contributed by atoms with Gasteiger partial charge in [0.15, 0.2) is 0 Å². The zero-order valence-corrected chi connectivity index (χ0v) is 9.02. The van der Waals surface area contributed by atoms with Crippen LogP contribution in [-0.2, 0) is 0 Å². The minimum Gasteiger partial charge on any atom is -0.477 e. The normalized spacial score (nSPS) is 30.2. The van der Waals surface area contributed by atoms with Crippen molar-refractivity contribution in [3.63, 3.8) is 0 Å². The number of pyridine rings is 1. The van der Waals surface area contributed by atoms with Gasteiger partial charge in [0, 0.05) is 30.8 Å². The van der Waals surface area contributed by atoms with Crippen LogP contribution in [0.1, 0.15) is 17.9 Å². The fourth-order valence-electron chi connectivity index (χ4n) is 2.84. The lowest BCUT2D eigenvalue weighted by atomic mass is 9.88. The predicted molar refractivity (Wildman–Crippen MR) is 58.1 cm³/mol. The lowest BCUT2D eigenvalue weighted by molar-refractivity contribution is 0.278. The van der Waals surface area contributed by atoms with Gasteiger partial charge in [0.1, 0.15) is 0 Å². The summed E-state index contributed by atoms with van der Waals surface area (Å²) in [6.45, 7) is 3.16. The van der Waals surface area contributed by atoms with E-state index in [1.54, 1.807) is 0 Å². The number of fused-ring (bicyclic) bond motifs is 3. The minimum absolute atomic E-state index is 0.626. The minimum atomic E-state index is 0.626. The van der Waals surface area contributed by atoms with Crippen LogP contribution < -0.4 is 4.74 Å². The summed E-state index contributed by atoms with van der Waals surface area (Å²) in [7, 11) is 2.20. The first-order valence-corrected chi connectivity index (χ1v) is 5.61. The van der Waals surface area contributed by atoms with Gasteiger partial charge in [-0.25, -0.2) is 4.98 Å². The molecule has 2 atom stereocenters. The van der Waals surface area contributed by atoms with Gasteiger partial charge in [-0.1, -0.05) is 6.07 Å². The highest BCUT2D eigenvalue weighted by Crippen LogP contribution is 2.39. The van der Waals surface area contributed by atoms with Gasteiger partial charge in [0.05, 0.1) is 6.61 Å². The Morgan fingerprint density at radius 2 is 2.40 bits per heavy atom. The van der Waals surface area contributed by atoms with Crippen LogP contribution in [0.2, 0.25) is 0 Å². The van der Waals surface area contributed by atoms with E-state index in [-0.39, 0.29) is 0 Å². The Hall–Kier alpha value is -1.09. The summed E-state index contributed by atoms with van der Waals surface area (Å²) in [5, 5.41) is 0. The summed E-state index contributed by atoms with van der Waals surface area (Å²) < 4.78 is 5.69. The molecule has 0 N–H and O–H groups in total. The molecule has 0 amide bonds. The van der Waals surface area contributed by atoms with Crippen molar-refractivity contribution >= 4 is 0 Å². The highest BCUT2D eigenvalue weighted by Gasteiger charge is 2.35. The molecule has 2 unspecified atom stereocenters. The van der Waals surface area contributed by atoms with Crippen molar-refractivity contribution in [1.82, 2.24) is 9.88 Å². The Bertz CT molecular complexity index is 366. The van der Waals surface area contributed by atoms with Crippen LogP contribution in [0, 0.1) is 5.92 Å². The number of nitrogens with zero attached hydrogens (tertiary/aromatic N) is 2. The Balaban J connectivity index is 2.01. The van der Waals surface area contributed by atoms with Crippen LogP contribution in [-0.4, -0.2) is 36.6 Å². The van der Waals surface area contributed by atoms with E-state index in [2.05, 4.69) is 23.0 Å². The van der Waals surface area contributed by atoms with Gasteiger partial charge < -0.3 is 9.64 Å². The summed E-state index contributed by atoms with van der Waals surface area (Å²) in [6.07, 6.45) is 2.98. The van der Waals surface area contributed by atoms with Crippen molar-refractivity contribution in [2.45, 2.75) is 12.3 Å².